The van der Waals surface area contributed by atoms with Crippen LogP contribution in [0.15, 0.2) is 48.5 Å². The van der Waals surface area contributed by atoms with E-state index in [4.69, 9.17) is 9.47 Å². The third-order valence-corrected chi connectivity index (χ3v) is 5.37. The molecule has 0 N–H and O–H groups in total. The van der Waals surface area contributed by atoms with Crippen LogP contribution in [0.4, 0.5) is 0 Å². The van der Waals surface area contributed by atoms with Crippen molar-refractivity contribution in [3.8, 4) is 16.9 Å². The van der Waals surface area contributed by atoms with Crippen LogP contribution < -0.4 is 4.74 Å². The van der Waals surface area contributed by atoms with E-state index in [1.54, 1.807) is 24.0 Å². The number of methoxy groups -OCH3 is 2. The van der Waals surface area contributed by atoms with Gasteiger partial charge in [-0.05, 0) is 23.6 Å². The predicted molar refractivity (Wildman–Crippen MR) is 112 cm³/mol. The normalized spacial score (nSPS) is 17.2. The van der Waals surface area contributed by atoms with Crippen LogP contribution in [0.5, 0.6) is 5.75 Å². The van der Waals surface area contributed by atoms with Gasteiger partial charge in [0, 0.05) is 39.4 Å². The highest BCUT2D eigenvalue weighted by atomic mass is 16.5. The monoisotopic (exact) mass is 396 g/mol. The van der Waals surface area contributed by atoms with Gasteiger partial charge in [-0.25, -0.2) is 0 Å². The molecule has 6 nitrogen and oxygen atoms in total. The number of nitrogens with zero attached hydrogens (tertiary/aromatic N) is 2. The average molecular weight is 396 g/mol. The first-order valence-electron chi connectivity index (χ1n) is 9.78. The van der Waals surface area contributed by atoms with Crippen LogP contribution in [0.3, 0.4) is 0 Å². The van der Waals surface area contributed by atoms with Crippen molar-refractivity contribution in [3.05, 3.63) is 54.1 Å². The van der Waals surface area contributed by atoms with Gasteiger partial charge in [-0.1, -0.05) is 42.5 Å². The summed E-state index contributed by atoms with van der Waals surface area (Å²) in [5.74, 6) is 0.464. The first-order chi connectivity index (χ1) is 14.0. The van der Waals surface area contributed by atoms with E-state index in [9.17, 15) is 9.59 Å². The Kier molecular flexibility index (Phi) is 6.88. The Morgan fingerprint density at radius 1 is 1.03 bits per heavy atom. The Labute approximate surface area is 172 Å². The number of benzene rings is 2. The van der Waals surface area contributed by atoms with Crippen LogP contribution in [0.25, 0.3) is 11.1 Å². The Balaban J connectivity index is 1.91. The van der Waals surface area contributed by atoms with E-state index in [0.29, 0.717) is 26.1 Å². The number of para-hydroxylation sites is 1. The van der Waals surface area contributed by atoms with Gasteiger partial charge in [-0.2, -0.15) is 0 Å². The minimum Gasteiger partial charge on any atom is -0.496 e. The van der Waals surface area contributed by atoms with Crippen molar-refractivity contribution in [2.45, 2.75) is 6.42 Å². The lowest BCUT2D eigenvalue weighted by Crippen LogP contribution is -2.39. The van der Waals surface area contributed by atoms with Crippen molar-refractivity contribution < 1.29 is 19.1 Å². The summed E-state index contributed by atoms with van der Waals surface area (Å²) in [5.41, 5.74) is 3.09. The molecule has 0 spiro atoms. The first-order valence-corrected chi connectivity index (χ1v) is 9.78. The molecule has 0 bridgehead atoms. The molecule has 1 aliphatic heterocycles. The fraction of sp³-hybridized carbons (Fsp3) is 0.391. The lowest BCUT2D eigenvalue weighted by molar-refractivity contribution is -0.136. The maximum absolute atomic E-state index is 13.0. The number of hydrogen-bond donors (Lipinski definition) is 0. The number of carbonyl (C=O) groups excluding carboxylic acids is 2. The molecule has 1 atom stereocenters. The third-order valence-electron chi connectivity index (χ3n) is 5.37. The first kappa shape index (κ1) is 20.9. The smallest absolute Gasteiger partial charge is 0.248 e. The molecule has 2 aromatic carbocycles. The van der Waals surface area contributed by atoms with Gasteiger partial charge in [0.2, 0.25) is 11.8 Å². The van der Waals surface area contributed by atoms with Gasteiger partial charge < -0.3 is 19.3 Å². The molecule has 1 aliphatic rings. The van der Waals surface area contributed by atoms with Gasteiger partial charge in [-0.15, -0.1) is 0 Å². The predicted octanol–water partition coefficient (Wildman–Crippen LogP) is 2.47. The zero-order valence-electron chi connectivity index (χ0n) is 17.3. The largest absolute Gasteiger partial charge is 0.496 e. The second-order valence-corrected chi connectivity index (χ2v) is 7.29. The molecule has 6 heteroatoms. The highest BCUT2D eigenvalue weighted by Crippen LogP contribution is 2.33. The molecule has 2 aromatic rings. The highest BCUT2D eigenvalue weighted by molar-refractivity contribution is 5.83. The molecule has 3 rings (SSSR count). The van der Waals surface area contributed by atoms with E-state index >= 15 is 0 Å². The summed E-state index contributed by atoms with van der Waals surface area (Å²) in [5, 5.41) is 0. The van der Waals surface area contributed by atoms with Gasteiger partial charge in [0.15, 0.2) is 0 Å². The summed E-state index contributed by atoms with van der Waals surface area (Å²) in [4.78, 5) is 28.8. The number of carbonyl (C=O) groups is 2. The summed E-state index contributed by atoms with van der Waals surface area (Å²) in [6.45, 7) is 1.47. The summed E-state index contributed by atoms with van der Waals surface area (Å²) < 4.78 is 10.5. The van der Waals surface area contributed by atoms with Crippen molar-refractivity contribution in [1.29, 1.82) is 0 Å². The number of hydrogen-bond acceptors (Lipinski definition) is 4. The van der Waals surface area contributed by atoms with Crippen LogP contribution >= 0.6 is 0 Å². The minimum absolute atomic E-state index is 0.0302. The molecule has 0 unspecified atom stereocenters. The van der Waals surface area contributed by atoms with Gasteiger partial charge in [0.1, 0.15) is 12.4 Å². The van der Waals surface area contributed by atoms with Gasteiger partial charge >= 0.3 is 0 Å². The average Bonchev–Trinajstić information content (AvgIpc) is 2.88. The molecule has 0 aliphatic carbocycles. The molecule has 1 saturated heterocycles. The Morgan fingerprint density at radius 2 is 1.72 bits per heavy atom. The summed E-state index contributed by atoms with van der Waals surface area (Å²) in [7, 11) is 4.96. The van der Waals surface area contributed by atoms with Gasteiger partial charge in [0.05, 0.1) is 13.0 Å². The van der Waals surface area contributed by atoms with E-state index in [-0.39, 0.29) is 24.3 Å². The zero-order chi connectivity index (χ0) is 20.8. The fourth-order valence-electron chi connectivity index (χ4n) is 3.81. The maximum Gasteiger partial charge on any atom is 0.248 e. The number of rotatable bonds is 6. The van der Waals surface area contributed by atoms with E-state index in [1.807, 2.05) is 48.5 Å². The summed E-state index contributed by atoms with van der Waals surface area (Å²) in [6.07, 6.45) is 0.550. The van der Waals surface area contributed by atoms with Crippen LogP contribution in [-0.2, 0) is 20.7 Å². The van der Waals surface area contributed by atoms with Gasteiger partial charge in [0.25, 0.3) is 0 Å². The van der Waals surface area contributed by atoms with E-state index in [2.05, 4.69) is 0 Å². The Morgan fingerprint density at radius 3 is 2.45 bits per heavy atom. The maximum atomic E-state index is 13.0. The molecule has 154 valence electrons. The lowest BCUT2D eigenvalue weighted by Gasteiger charge is -2.24. The zero-order valence-corrected chi connectivity index (χ0v) is 17.3. The topological polar surface area (TPSA) is 59.1 Å². The van der Waals surface area contributed by atoms with Crippen molar-refractivity contribution in [2.24, 2.45) is 5.92 Å². The third kappa shape index (κ3) is 4.77. The van der Waals surface area contributed by atoms with Gasteiger partial charge in [-0.3, -0.25) is 9.59 Å². The summed E-state index contributed by atoms with van der Waals surface area (Å²) in [6, 6.07) is 15.9. The van der Waals surface area contributed by atoms with Crippen molar-refractivity contribution in [1.82, 2.24) is 9.80 Å². The molecule has 1 heterocycles. The van der Waals surface area contributed by atoms with E-state index in [1.165, 1.54) is 7.11 Å². The molecular weight excluding hydrogens is 368 g/mol. The lowest BCUT2D eigenvalue weighted by atomic mass is 9.91. The standard InChI is InChI=1S/C23H28N2O4/c1-24-12-13-25(22(26)16-28-2)15-18(23(24)27)14-17-8-4-5-9-19(17)20-10-6-7-11-21(20)29-3/h4-11,18H,12-16H2,1-3H3/t18-/m1/s1. The Bertz CT molecular complexity index is 867. The number of likely N-dealkylation sites (N-methyl/N-ethyl adjacent to an activating group) is 1. The quantitative estimate of drug-likeness (QED) is 0.753. The number of ether oxygens (including phenoxy) is 2. The van der Waals surface area contributed by atoms with Crippen LogP contribution in [0.2, 0.25) is 0 Å². The van der Waals surface area contributed by atoms with Crippen molar-refractivity contribution in [2.75, 3.05) is 47.5 Å². The Hall–Kier alpha value is -2.86. The van der Waals surface area contributed by atoms with Crippen molar-refractivity contribution in [3.63, 3.8) is 0 Å². The van der Waals surface area contributed by atoms with E-state index < -0.39 is 0 Å². The molecule has 1 fully saturated rings. The van der Waals surface area contributed by atoms with Crippen LogP contribution in [-0.4, -0.2) is 69.1 Å². The fourth-order valence-corrected chi connectivity index (χ4v) is 3.81. The summed E-state index contributed by atoms with van der Waals surface area (Å²) >= 11 is 0. The molecule has 2 amide bonds. The van der Waals surface area contributed by atoms with E-state index in [0.717, 1.165) is 22.4 Å². The second kappa shape index (κ2) is 9.56. The molecule has 0 radical (unpaired) electrons. The molecule has 0 saturated carbocycles. The molecule has 0 aromatic heterocycles. The molecule has 29 heavy (non-hydrogen) atoms. The number of amides is 2. The highest BCUT2D eigenvalue weighted by Gasteiger charge is 2.31. The second-order valence-electron chi connectivity index (χ2n) is 7.29. The van der Waals surface area contributed by atoms with Crippen molar-refractivity contribution >= 4 is 11.8 Å². The van der Waals surface area contributed by atoms with Crippen LogP contribution in [0, 0.1) is 5.92 Å². The molecular formula is C23H28N2O4. The SMILES string of the molecule is COCC(=O)N1CCN(C)C(=O)[C@H](Cc2ccccc2-c2ccccc2OC)C1. The minimum atomic E-state index is -0.306. The van der Waals surface area contributed by atoms with Crippen LogP contribution in [0.1, 0.15) is 5.56 Å².